The van der Waals surface area contributed by atoms with Crippen molar-refractivity contribution in [2.75, 3.05) is 0 Å². The van der Waals surface area contributed by atoms with E-state index in [1.54, 1.807) is 0 Å². The molecule has 0 amide bonds. The summed E-state index contributed by atoms with van der Waals surface area (Å²) in [5, 5.41) is 0. The molecule has 0 aromatic heterocycles. The third-order valence-electron chi connectivity index (χ3n) is 1.59. The Kier molecular flexibility index (Phi) is 1.72. The minimum absolute atomic E-state index is 0.00694. The standard InChI is InChI=1S/C5H7Br2Cl/c1-2-4(8)3-5(4,6)7/h2-3H2,1H3. The summed E-state index contributed by atoms with van der Waals surface area (Å²) in [4.78, 5) is -0.00694. The van der Waals surface area contributed by atoms with Crippen LogP contribution in [0.25, 0.3) is 0 Å². The quantitative estimate of drug-likeness (QED) is 0.636. The maximum Gasteiger partial charge on any atom is 0.101 e. The van der Waals surface area contributed by atoms with Gasteiger partial charge < -0.3 is 0 Å². The molecule has 1 aliphatic rings. The lowest BCUT2D eigenvalue weighted by Crippen LogP contribution is -2.04. The zero-order valence-corrected chi connectivity index (χ0v) is 8.48. The fourth-order valence-corrected chi connectivity index (χ4v) is 2.73. The molecule has 0 aromatic carbocycles. The lowest BCUT2D eigenvalue weighted by atomic mass is 10.3. The summed E-state index contributed by atoms with van der Waals surface area (Å²) in [6.07, 6.45) is 2.04. The third-order valence-corrected chi connectivity index (χ3v) is 4.85. The maximum atomic E-state index is 6.03. The molecule has 0 saturated heterocycles. The first-order valence-electron chi connectivity index (χ1n) is 2.58. The first kappa shape index (κ1) is 7.36. The highest BCUT2D eigenvalue weighted by Gasteiger charge is 2.62. The molecule has 1 rings (SSSR count). The molecule has 0 spiro atoms. The largest absolute Gasteiger partial charge is 0.117 e. The molecule has 8 heavy (non-hydrogen) atoms. The fraction of sp³-hybridized carbons (Fsp3) is 1.00. The normalized spacial score (nSPS) is 42.0. The average molecular weight is 262 g/mol. The topological polar surface area (TPSA) is 0 Å². The van der Waals surface area contributed by atoms with E-state index in [2.05, 4.69) is 38.8 Å². The van der Waals surface area contributed by atoms with Gasteiger partial charge in [-0.3, -0.25) is 0 Å². The summed E-state index contributed by atoms with van der Waals surface area (Å²) in [5.74, 6) is 0. The molecule has 48 valence electrons. The molecule has 0 heterocycles. The second-order valence-corrected chi connectivity index (χ2v) is 6.70. The lowest BCUT2D eigenvalue weighted by molar-refractivity contribution is 0.839. The summed E-state index contributed by atoms with van der Waals surface area (Å²) in [6, 6.07) is 0. The molecular formula is C5H7Br2Cl. The van der Waals surface area contributed by atoms with Crippen molar-refractivity contribution in [1.29, 1.82) is 0 Å². The van der Waals surface area contributed by atoms with Gasteiger partial charge in [-0.2, -0.15) is 0 Å². The Bertz CT molecular complexity index is 113. The number of rotatable bonds is 1. The van der Waals surface area contributed by atoms with Crippen molar-refractivity contribution in [2.24, 2.45) is 0 Å². The maximum absolute atomic E-state index is 6.03. The van der Waals surface area contributed by atoms with Gasteiger partial charge in [-0.05, 0) is 12.8 Å². The predicted octanol–water partition coefficient (Wildman–Crippen LogP) is 3.26. The minimum atomic E-state index is -0.00694. The van der Waals surface area contributed by atoms with Crippen LogP contribution in [-0.2, 0) is 0 Å². The molecule has 1 aliphatic carbocycles. The van der Waals surface area contributed by atoms with Gasteiger partial charge in [0.25, 0.3) is 0 Å². The zero-order chi connectivity index (χ0) is 6.41. The first-order valence-corrected chi connectivity index (χ1v) is 4.55. The fourth-order valence-electron chi connectivity index (χ4n) is 0.691. The summed E-state index contributed by atoms with van der Waals surface area (Å²) in [6.45, 7) is 2.09. The van der Waals surface area contributed by atoms with Crippen LogP contribution in [0.15, 0.2) is 0 Å². The van der Waals surface area contributed by atoms with Crippen LogP contribution in [0, 0.1) is 0 Å². The summed E-state index contributed by atoms with van der Waals surface area (Å²) >= 11 is 12.9. The lowest BCUT2D eigenvalue weighted by Gasteiger charge is -2.03. The first-order chi connectivity index (χ1) is 3.52. The van der Waals surface area contributed by atoms with Crippen LogP contribution in [-0.4, -0.2) is 8.11 Å². The Hall–Kier alpha value is 1.25. The van der Waals surface area contributed by atoms with E-state index in [0.29, 0.717) is 0 Å². The van der Waals surface area contributed by atoms with E-state index in [4.69, 9.17) is 11.6 Å². The van der Waals surface area contributed by atoms with Gasteiger partial charge in [0.15, 0.2) is 0 Å². The van der Waals surface area contributed by atoms with Crippen molar-refractivity contribution in [2.45, 2.75) is 27.9 Å². The Morgan fingerprint density at radius 3 is 2.00 bits per heavy atom. The van der Waals surface area contributed by atoms with Crippen molar-refractivity contribution >= 4 is 43.5 Å². The van der Waals surface area contributed by atoms with Crippen LogP contribution in [0.5, 0.6) is 0 Å². The van der Waals surface area contributed by atoms with Gasteiger partial charge in [-0.25, -0.2) is 0 Å². The van der Waals surface area contributed by atoms with Gasteiger partial charge in [0.2, 0.25) is 0 Å². The summed E-state index contributed by atoms with van der Waals surface area (Å²) in [5.41, 5.74) is 0. The van der Waals surface area contributed by atoms with Gasteiger partial charge in [-0.15, -0.1) is 11.6 Å². The predicted molar refractivity (Wildman–Crippen MR) is 44.1 cm³/mol. The van der Waals surface area contributed by atoms with Gasteiger partial charge in [0.1, 0.15) is 3.23 Å². The molecule has 0 nitrogen and oxygen atoms in total. The van der Waals surface area contributed by atoms with Gasteiger partial charge in [0, 0.05) is 0 Å². The molecule has 0 aliphatic heterocycles. The van der Waals surface area contributed by atoms with E-state index in [9.17, 15) is 0 Å². The molecule has 1 saturated carbocycles. The monoisotopic (exact) mass is 260 g/mol. The molecule has 0 radical (unpaired) electrons. The van der Waals surface area contributed by atoms with Gasteiger partial charge in [0.05, 0.1) is 4.87 Å². The Morgan fingerprint density at radius 2 is 2.00 bits per heavy atom. The highest BCUT2D eigenvalue weighted by Crippen LogP contribution is 2.65. The van der Waals surface area contributed by atoms with Crippen molar-refractivity contribution in [3.8, 4) is 0 Å². The SMILES string of the molecule is CCC1(Cl)CC1(Br)Br. The summed E-state index contributed by atoms with van der Waals surface area (Å²) in [7, 11) is 0. The summed E-state index contributed by atoms with van der Waals surface area (Å²) < 4.78 is 0.0449. The molecule has 1 atom stereocenters. The molecule has 0 N–H and O–H groups in total. The van der Waals surface area contributed by atoms with Crippen molar-refractivity contribution in [3.05, 3.63) is 0 Å². The van der Waals surface area contributed by atoms with E-state index < -0.39 is 0 Å². The van der Waals surface area contributed by atoms with Gasteiger partial charge in [-0.1, -0.05) is 38.8 Å². The highest BCUT2D eigenvalue weighted by molar-refractivity contribution is 9.25. The van der Waals surface area contributed by atoms with E-state index in [0.717, 1.165) is 12.8 Å². The Balaban J connectivity index is 2.55. The average Bonchev–Trinajstić information content (AvgIpc) is 2.10. The molecule has 0 bridgehead atoms. The molecule has 3 heteroatoms. The second kappa shape index (κ2) is 1.86. The molecular weight excluding hydrogens is 255 g/mol. The minimum Gasteiger partial charge on any atom is -0.117 e. The zero-order valence-electron chi connectivity index (χ0n) is 4.55. The van der Waals surface area contributed by atoms with Gasteiger partial charge >= 0.3 is 0 Å². The van der Waals surface area contributed by atoms with E-state index >= 15 is 0 Å². The highest BCUT2D eigenvalue weighted by atomic mass is 79.9. The number of alkyl halides is 3. The van der Waals surface area contributed by atoms with Crippen LogP contribution >= 0.6 is 43.5 Å². The molecule has 1 unspecified atom stereocenters. The van der Waals surface area contributed by atoms with Crippen LogP contribution in [0.3, 0.4) is 0 Å². The third kappa shape index (κ3) is 0.952. The van der Waals surface area contributed by atoms with Crippen LogP contribution in [0.2, 0.25) is 0 Å². The van der Waals surface area contributed by atoms with Crippen LogP contribution in [0.4, 0.5) is 0 Å². The smallest absolute Gasteiger partial charge is 0.101 e. The van der Waals surface area contributed by atoms with Crippen molar-refractivity contribution < 1.29 is 0 Å². The van der Waals surface area contributed by atoms with E-state index in [1.165, 1.54) is 0 Å². The Morgan fingerprint density at radius 1 is 1.62 bits per heavy atom. The number of hydrogen-bond acceptors (Lipinski definition) is 0. The van der Waals surface area contributed by atoms with E-state index in [1.807, 2.05) is 0 Å². The molecule has 0 aromatic rings. The van der Waals surface area contributed by atoms with Crippen LogP contribution in [0.1, 0.15) is 19.8 Å². The van der Waals surface area contributed by atoms with Crippen molar-refractivity contribution in [3.63, 3.8) is 0 Å². The number of hydrogen-bond donors (Lipinski definition) is 0. The van der Waals surface area contributed by atoms with E-state index in [-0.39, 0.29) is 8.11 Å². The Labute approximate surface area is 71.2 Å². The second-order valence-electron chi connectivity index (χ2n) is 2.20. The number of halogens is 3. The van der Waals surface area contributed by atoms with Crippen LogP contribution < -0.4 is 0 Å². The van der Waals surface area contributed by atoms with Crippen molar-refractivity contribution in [1.82, 2.24) is 0 Å². The molecule has 1 fully saturated rings.